The van der Waals surface area contributed by atoms with E-state index in [2.05, 4.69) is 4.98 Å². The van der Waals surface area contributed by atoms with Gasteiger partial charge in [0.05, 0.1) is 0 Å². The molecular weight excluding hydrogens is 362 g/mol. The maximum absolute atomic E-state index is 13.4. The largest absolute Gasteiger partial charge is 0.481 e. The number of likely N-dealkylation sites (tertiary alicyclic amines) is 1. The number of amides is 1. The van der Waals surface area contributed by atoms with Gasteiger partial charge in [0.25, 0.3) is 5.91 Å². The van der Waals surface area contributed by atoms with E-state index < -0.39 is 17.6 Å². The van der Waals surface area contributed by atoms with Gasteiger partial charge in [0.2, 0.25) is 0 Å². The second-order valence-electron chi connectivity index (χ2n) is 6.36. The molecule has 1 aromatic carbocycles. The first-order valence-corrected chi connectivity index (χ1v) is 9.24. The number of carbonyl (C=O) groups is 2. The Morgan fingerprint density at radius 1 is 1.31 bits per heavy atom. The number of halogens is 2. The van der Waals surface area contributed by atoms with Gasteiger partial charge in [0.15, 0.2) is 11.6 Å². The summed E-state index contributed by atoms with van der Waals surface area (Å²) in [6.07, 6.45) is 2.39. The molecule has 1 N–H and O–H groups in total. The van der Waals surface area contributed by atoms with E-state index in [4.69, 9.17) is 5.11 Å². The summed E-state index contributed by atoms with van der Waals surface area (Å²) in [5.41, 5.74) is 0.694. The number of aromatic nitrogens is 1. The van der Waals surface area contributed by atoms with Gasteiger partial charge >= 0.3 is 5.97 Å². The van der Waals surface area contributed by atoms with Crippen molar-refractivity contribution in [2.75, 3.05) is 13.1 Å². The lowest BCUT2D eigenvalue weighted by molar-refractivity contribution is -0.137. The number of piperidine rings is 1. The first-order valence-electron chi connectivity index (χ1n) is 8.36. The minimum Gasteiger partial charge on any atom is -0.481 e. The molecule has 0 aliphatic carbocycles. The molecule has 5 nitrogen and oxygen atoms in total. The zero-order chi connectivity index (χ0) is 18.7. The van der Waals surface area contributed by atoms with E-state index in [0.29, 0.717) is 30.1 Å². The van der Waals surface area contributed by atoms with Crippen molar-refractivity contribution in [3.05, 3.63) is 40.9 Å². The van der Waals surface area contributed by atoms with Crippen molar-refractivity contribution >= 4 is 23.2 Å². The van der Waals surface area contributed by atoms with Crippen LogP contribution in [-0.4, -0.2) is 40.0 Å². The summed E-state index contributed by atoms with van der Waals surface area (Å²) in [6, 6.07) is 3.52. The van der Waals surface area contributed by atoms with Crippen molar-refractivity contribution in [3.63, 3.8) is 0 Å². The smallest absolute Gasteiger partial charge is 0.303 e. The number of aliphatic carboxylic acids is 1. The highest BCUT2D eigenvalue weighted by atomic mass is 32.1. The highest BCUT2D eigenvalue weighted by molar-refractivity contribution is 7.13. The van der Waals surface area contributed by atoms with Crippen LogP contribution in [0.15, 0.2) is 23.6 Å². The summed E-state index contributed by atoms with van der Waals surface area (Å²) in [4.78, 5) is 29.4. The van der Waals surface area contributed by atoms with Gasteiger partial charge in [-0.1, -0.05) is 0 Å². The Kier molecular flexibility index (Phi) is 5.61. The highest BCUT2D eigenvalue weighted by Crippen LogP contribution is 2.27. The van der Waals surface area contributed by atoms with E-state index in [1.165, 1.54) is 17.4 Å². The number of benzene rings is 1. The highest BCUT2D eigenvalue weighted by Gasteiger charge is 2.26. The zero-order valence-corrected chi connectivity index (χ0v) is 14.8. The molecule has 2 aromatic rings. The summed E-state index contributed by atoms with van der Waals surface area (Å²) in [7, 11) is 0. The first kappa shape index (κ1) is 18.4. The zero-order valence-electron chi connectivity index (χ0n) is 14.0. The Hall–Kier alpha value is -2.35. The molecule has 0 spiro atoms. The van der Waals surface area contributed by atoms with Gasteiger partial charge < -0.3 is 10.0 Å². The van der Waals surface area contributed by atoms with Gasteiger partial charge in [-0.15, -0.1) is 11.3 Å². The number of thiazole rings is 1. The first-order chi connectivity index (χ1) is 12.4. The minimum atomic E-state index is -0.956. The molecule has 138 valence electrons. The summed E-state index contributed by atoms with van der Waals surface area (Å²) >= 11 is 1.20. The Balaban J connectivity index is 1.69. The molecule has 1 unspecified atom stereocenters. The topological polar surface area (TPSA) is 70.5 Å². The molecule has 1 aliphatic heterocycles. The second-order valence-corrected chi connectivity index (χ2v) is 7.22. The average molecular weight is 380 g/mol. The number of hydrogen-bond acceptors (Lipinski definition) is 4. The fourth-order valence-corrected chi connectivity index (χ4v) is 3.90. The van der Waals surface area contributed by atoms with Crippen molar-refractivity contribution in [2.24, 2.45) is 5.92 Å². The molecule has 26 heavy (non-hydrogen) atoms. The van der Waals surface area contributed by atoms with Crippen LogP contribution in [0.5, 0.6) is 0 Å². The van der Waals surface area contributed by atoms with Crippen LogP contribution in [-0.2, 0) is 4.79 Å². The molecule has 0 radical (unpaired) electrons. The van der Waals surface area contributed by atoms with Gasteiger partial charge in [-0.05, 0) is 43.4 Å². The lowest BCUT2D eigenvalue weighted by Crippen LogP contribution is -2.40. The van der Waals surface area contributed by atoms with E-state index >= 15 is 0 Å². The third-order valence-corrected chi connectivity index (χ3v) is 5.35. The standard InChI is InChI=1S/C18H18F2N2O3S/c19-13-5-4-12(8-14(13)20)17-21-15(10-26-17)18(25)22-7-1-2-11(9-22)3-6-16(23)24/h4-5,8,10-11H,1-3,6-7,9H2,(H,23,24). The average Bonchev–Trinajstić information content (AvgIpc) is 3.12. The number of carboxylic acids is 1. The predicted octanol–water partition coefficient (Wildman–Crippen LogP) is 3.81. The SMILES string of the molecule is O=C(O)CCC1CCCN(C(=O)c2csc(-c3ccc(F)c(F)c3)n2)C1. The molecule has 1 aliphatic rings. The van der Waals surface area contributed by atoms with Gasteiger partial charge in [-0.3, -0.25) is 9.59 Å². The predicted molar refractivity (Wildman–Crippen MR) is 93.0 cm³/mol. The fraction of sp³-hybridized carbons (Fsp3) is 0.389. The summed E-state index contributed by atoms with van der Waals surface area (Å²) in [5, 5.41) is 10.9. The Morgan fingerprint density at radius 2 is 2.12 bits per heavy atom. The normalized spacial score (nSPS) is 17.3. The molecule has 3 rings (SSSR count). The van der Waals surface area contributed by atoms with E-state index in [9.17, 15) is 18.4 Å². The van der Waals surface area contributed by atoms with Crippen LogP contribution in [0.1, 0.15) is 36.2 Å². The van der Waals surface area contributed by atoms with Gasteiger partial charge in [0.1, 0.15) is 10.7 Å². The molecule has 1 aromatic heterocycles. The molecule has 1 amide bonds. The third kappa shape index (κ3) is 4.24. The number of nitrogens with zero attached hydrogens (tertiary/aromatic N) is 2. The molecule has 1 saturated heterocycles. The van der Waals surface area contributed by atoms with E-state index in [1.54, 1.807) is 10.3 Å². The molecule has 1 atom stereocenters. The summed E-state index contributed by atoms with van der Waals surface area (Å²) in [6.45, 7) is 1.13. The van der Waals surface area contributed by atoms with Crippen LogP contribution < -0.4 is 0 Å². The van der Waals surface area contributed by atoms with Gasteiger partial charge in [-0.25, -0.2) is 13.8 Å². The molecule has 8 heteroatoms. The molecule has 0 bridgehead atoms. The molecule has 1 fully saturated rings. The monoisotopic (exact) mass is 380 g/mol. The van der Waals surface area contributed by atoms with Crippen molar-refractivity contribution in [2.45, 2.75) is 25.7 Å². The Labute approximate surface area is 153 Å². The quantitative estimate of drug-likeness (QED) is 0.856. The lowest BCUT2D eigenvalue weighted by atomic mass is 9.93. The Bertz CT molecular complexity index is 825. The number of rotatable bonds is 5. The van der Waals surface area contributed by atoms with Crippen LogP contribution in [0.25, 0.3) is 10.6 Å². The maximum atomic E-state index is 13.4. The van der Waals surface area contributed by atoms with Crippen molar-refractivity contribution in [1.82, 2.24) is 9.88 Å². The minimum absolute atomic E-state index is 0.101. The number of hydrogen-bond donors (Lipinski definition) is 1. The third-order valence-electron chi connectivity index (χ3n) is 4.46. The lowest BCUT2D eigenvalue weighted by Gasteiger charge is -2.32. The van der Waals surface area contributed by atoms with E-state index in [1.807, 2.05) is 0 Å². The molecular formula is C18H18F2N2O3S. The van der Waals surface area contributed by atoms with Crippen LogP contribution in [0.3, 0.4) is 0 Å². The van der Waals surface area contributed by atoms with Crippen LogP contribution in [0.2, 0.25) is 0 Å². The van der Waals surface area contributed by atoms with Crippen LogP contribution >= 0.6 is 11.3 Å². The summed E-state index contributed by atoms with van der Waals surface area (Å²) < 4.78 is 26.4. The fourth-order valence-electron chi connectivity index (χ4n) is 3.11. The number of carboxylic acid groups (broad SMARTS) is 1. The van der Waals surface area contributed by atoms with Crippen LogP contribution in [0, 0.1) is 17.6 Å². The number of carbonyl (C=O) groups excluding carboxylic acids is 1. The molecule has 2 heterocycles. The Morgan fingerprint density at radius 3 is 2.85 bits per heavy atom. The van der Waals surface area contributed by atoms with Gasteiger partial charge in [-0.2, -0.15) is 0 Å². The second kappa shape index (κ2) is 7.90. The molecule has 0 saturated carbocycles. The van der Waals surface area contributed by atoms with Crippen molar-refractivity contribution < 1.29 is 23.5 Å². The van der Waals surface area contributed by atoms with E-state index in [-0.39, 0.29) is 23.9 Å². The van der Waals surface area contributed by atoms with E-state index in [0.717, 1.165) is 25.0 Å². The van der Waals surface area contributed by atoms with Crippen LogP contribution in [0.4, 0.5) is 8.78 Å². The van der Waals surface area contributed by atoms with Crippen molar-refractivity contribution in [3.8, 4) is 10.6 Å². The van der Waals surface area contributed by atoms with Crippen molar-refractivity contribution in [1.29, 1.82) is 0 Å². The summed E-state index contributed by atoms with van der Waals surface area (Å²) in [5.74, 6) is -2.75. The van der Waals surface area contributed by atoms with Gasteiger partial charge in [0, 0.05) is 30.5 Å². The maximum Gasteiger partial charge on any atom is 0.303 e.